The zero-order valence-corrected chi connectivity index (χ0v) is 7.85. The molecule has 4 heteroatoms. The topological polar surface area (TPSA) is 0 Å². The largest absolute Gasteiger partial charge is 0 e. The monoisotopic (exact) mass is 389 g/mol. The Morgan fingerprint density at radius 1 is 1.00 bits per heavy atom. The van der Waals surface area contributed by atoms with Gasteiger partial charge in [0.2, 0.25) is 0 Å². The van der Waals surface area contributed by atoms with E-state index in [4.69, 9.17) is 0 Å². The fourth-order valence-corrected chi connectivity index (χ4v) is 0. The second-order valence-corrected chi connectivity index (χ2v) is 0. The molecule has 0 fully saturated rings. The van der Waals surface area contributed by atoms with Gasteiger partial charge < -0.3 is 0 Å². The maximum absolute atomic E-state index is 0. The molecule has 5 radical (unpaired) electrons. The van der Waals surface area contributed by atoms with Gasteiger partial charge >= 0.3 is 0 Å². The quantitative estimate of drug-likeness (QED) is 0.495. The molecular formula is BiCoCuNi. The Hall–Kier alpha value is 2.40. The Balaban J connectivity index is 0. The van der Waals surface area contributed by atoms with Crippen LogP contribution in [0.3, 0.4) is 0 Å². The fraction of sp³-hybridized carbons (Fsp3) is 0. The molecule has 0 spiro atoms. The first-order chi connectivity index (χ1) is 0. The molecule has 0 N–H and O–H groups in total. The Morgan fingerprint density at radius 2 is 1.00 bits per heavy atom. The van der Waals surface area contributed by atoms with Gasteiger partial charge in [-0.05, 0) is 0 Å². The van der Waals surface area contributed by atoms with Crippen molar-refractivity contribution in [1.29, 1.82) is 0 Å². The summed E-state index contributed by atoms with van der Waals surface area (Å²) in [7, 11) is 0. The number of hydrogen-bond acceptors (Lipinski definition) is 0. The Morgan fingerprint density at radius 3 is 1.00 bits per heavy atom. The second kappa shape index (κ2) is 18.1. The molecule has 0 aromatic rings. The molecule has 0 atom stereocenters. The van der Waals surface area contributed by atoms with E-state index in [0.29, 0.717) is 0 Å². The summed E-state index contributed by atoms with van der Waals surface area (Å²) in [5, 5.41) is 0. The molecule has 35 valence electrons. The van der Waals surface area contributed by atoms with E-state index < -0.39 is 0 Å². The van der Waals surface area contributed by atoms with Gasteiger partial charge in [0.1, 0.15) is 0 Å². The summed E-state index contributed by atoms with van der Waals surface area (Å²) in [6.07, 6.45) is 0. The van der Waals surface area contributed by atoms with Crippen LogP contribution in [0, 0.1) is 0 Å². The van der Waals surface area contributed by atoms with Gasteiger partial charge in [0.25, 0.3) is 0 Å². The first-order valence-corrected chi connectivity index (χ1v) is 0. The van der Waals surface area contributed by atoms with Crippen LogP contribution in [0.25, 0.3) is 0 Å². The third kappa shape index (κ3) is 8.83. The first kappa shape index (κ1) is 32.4. The van der Waals surface area contributed by atoms with Crippen molar-refractivity contribution in [3.63, 3.8) is 0 Å². The first-order valence-electron chi connectivity index (χ1n) is 0. The van der Waals surface area contributed by atoms with Crippen molar-refractivity contribution in [3.05, 3.63) is 0 Å². The SMILES string of the molecule is [Bi].[Co].[Cu].[Ni]. The maximum atomic E-state index is 0. The van der Waals surface area contributed by atoms with Crippen molar-refractivity contribution < 1.29 is 50.3 Å². The standard InChI is InChI=1S/Bi.Co.Cu.Ni. The van der Waals surface area contributed by atoms with Crippen LogP contribution in [0.4, 0.5) is 0 Å². The molecule has 0 unspecified atom stereocenters. The minimum absolute atomic E-state index is 0. The van der Waals surface area contributed by atoms with Crippen LogP contribution in [0.5, 0.6) is 0 Å². The van der Waals surface area contributed by atoms with E-state index in [1.54, 1.807) is 0 Å². The van der Waals surface area contributed by atoms with Crippen LogP contribution < -0.4 is 0 Å². The minimum atomic E-state index is 0. The Bertz CT molecular complexity index is 8.00. The van der Waals surface area contributed by atoms with Crippen LogP contribution in [0.15, 0.2) is 0 Å². The molecular weight excluding hydrogens is 390 g/mol. The van der Waals surface area contributed by atoms with Gasteiger partial charge in [-0.25, -0.2) is 0 Å². The zero-order chi connectivity index (χ0) is 0. The summed E-state index contributed by atoms with van der Waals surface area (Å²) in [6, 6.07) is 0. The van der Waals surface area contributed by atoms with Gasteiger partial charge in [-0.3, -0.25) is 0 Å². The number of hydrogen-bond donors (Lipinski definition) is 0. The van der Waals surface area contributed by atoms with Crippen LogP contribution in [-0.2, 0) is 50.3 Å². The maximum Gasteiger partial charge on any atom is 0 e. The normalized spacial score (nSPS) is 0. The van der Waals surface area contributed by atoms with E-state index in [2.05, 4.69) is 0 Å². The zero-order valence-electron chi connectivity index (χ0n) is 1.40. The van der Waals surface area contributed by atoms with Gasteiger partial charge in [0, 0.05) is 76.5 Å². The molecule has 0 aliphatic carbocycles. The van der Waals surface area contributed by atoms with Crippen LogP contribution in [-0.4, -0.2) is 26.2 Å². The average Bonchev–Trinajstić information content (AvgIpc) is 0. The molecule has 0 aliphatic heterocycles. The van der Waals surface area contributed by atoms with Crippen LogP contribution in [0.1, 0.15) is 0 Å². The molecule has 0 saturated heterocycles. The predicted octanol–water partition coefficient (Wildman–Crippen LogP) is -0.388. The van der Waals surface area contributed by atoms with Crippen molar-refractivity contribution >= 4 is 26.2 Å². The van der Waals surface area contributed by atoms with E-state index in [9.17, 15) is 0 Å². The molecule has 0 bridgehead atoms. The summed E-state index contributed by atoms with van der Waals surface area (Å²) in [5.74, 6) is 0. The third-order valence-electron chi connectivity index (χ3n) is 0. The second-order valence-electron chi connectivity index (χ2n) is 0. The van der Waals surface area contributed by atoms with Gasteiger partial charge in [-0.2, -0.15) is 0 Å². The molecule has 0 aliphatic rings. The molecule has 4 heavy (non-hydrogen) atoms. The summed E-state index contributed by atoms with van der Waals surface area (Å²) in [4.78, 5) is 0. The van der Waals surface area contributed by atoms with Crippen molar-refractivity contribution in [2.45, 2.75) is 0 Å². The Kier molecular flexibility index (Phi) is 147. The molecule has 0 aromatic heterocycles. The van der Waals surface area contributed by atoms with Gasteiger partial charge in [-0.15, -0.1) is 0 Å². The molecule has 0 heterocycles. The average molecular weight is 390 g/mol. The fourth-order valence-electron chi connectivity index (χ4n) is 0. The van der Waals surface area contributed by atoms with Gasteiger partial charge in [-0.1, -0.05) is 0 Å². The molecule has 0 amide bonds. The van der Waals surface area contributed by atoms with E-state index in [1.165, 1.54) is 0 Å². The smallest absolute Gasteiger partial charge is 0 e. The predicted molar refractivity (Wildman–Crippen MR) is 5.75 cm³/mol. The summed E-state index contributed by atoms with van der Waals surface area (Å²) >= 11 is 0. The summed E-state index contributed by atoms with van der Waals surface area (Å²) in [5.41, 5.74) is 0. The van der Waals surface area contributed by atoms with E-state index in [0.717, 1.165) is 0 Å². The molecule has 0 rings (SSSR count). The number of rotatable bonds is 0. The van der Waals surface area contributed by atoms with Crippen molar-refractivity contribution in [2.75, 3.05) is 0 Å². The Labute approximate surface area is 75.6 Å². The van der Waals surface area contributed by atoms with Gasteiger partial charge in [0.05, 0.1) is 0 Å². The van der Waals surface area contributed by atoms with Crippen molar-refractivity contribution in [3.8, 4) is 0 Å². The van der Waals surface area contributed by atoms with E-state index >= 15 is 0 Å². The van der Waals surface area contributed by atoms with Crippen molar-refractivity contribution in [1.82, 2.24) is 0 Å². The summed E-state index contributed by atoms with van der Waals surface area (Å²) < 4.78 is 0. The summed E-state index contributed by atoms with van der Waals surface area (Å²) in [6.45, 7) is 0. The van der Waals surface area contributed by atoms with E-state index in [-0.39, 0.29) is 76.5 Å². The third-order valence-corrected chi connectivity index (χ3v) is 0. The molecule has 0 nitrogen and oxygen atoms in total. The minimum Gasteiger partial charge on any atom is 0 e. The van der Waals surface area contributed by atoms with Gasteiger partial charge in [0.15, 0.2) is 0 Å². The molecule has 0 aromatic carbocycles. The van der Waals surface area contributed by atoms with Crippen LogP contribution >= 0.6 is 0 Å². The molecule has 0 saturated carbocycles. The van der Waals surface area contributed by atoms with E-state index in [1.807, 2.05) is 0 Å². The van der Waals surface area contributed by atoms with Crippen LogP contribution in [0.2, 0.25) is 0 Å². The van der Waals surface area contributed by atoms with Crippen molar-refractivity contribution in [2.24, 2.45) is 0 Å².